The highest BCUT2D eigenvalue weighted by molar-refractivity contribution is 5.78. The third-order valence-electron chi connectivity index (χ3n) is 4.17. The molecule has 1 aliphatic heterocycles. The summed E-state index contributed by atoms with van der Waals surface area (Å²) in [6, 6.07) is 13.2. The van der Waals surface area contributed by atoms with E-state index in [2.05, 4.69) is 47.5 Å². The van der Waals surface area contributed by atoms with Gasteiger partial charge in [0.1, 0.15) is 0 Å². The summed E-state index contributed by atoms with van der Waals surface area (Å²) in [5.74, 6) is 0. The number of hydrogen-bond acceptors (Lipinski definition) is 3. The molecule has 20 heavy (non-hydrogen) atoms. The number of fused-ring (bicyclic) bond motifs is 1. The van der Waals surface area contributed by atoms with Gasteiger partial charge in [0.15, 0.2) is 0 Å². The number of nitrogens with zero attached hydrogens (tertiary/aromatic N) is 2. The van der Waals surface area contributed by atoms with E-state index in [1.807, 2.05) is 6.07 Å². The summed E-state index contributed by atoms with van der Waals surface area (Å²) in [6.07, 6.45) is 2.72. The fourth-order valence-electron chi connectivity index (χ4n) is 2.93. The molecule has 1 unspecified atom stereocenters. The lowest BCUT2D eigenvalue weighted by Crippen LogP contribution is -2.38. The molecule has 3 rings (SSSR count). The van der Waals surface area contributed by atoms with E-state index in [0.29, 0.717) is 6.04 Å². The molecule has 1 aromatic heterocycles. The SMILES string of the molecule is CC(CNCc1ccc2ccccc2n1)N1CCCC1. The van der Waals surface area contributed by atoms with Gasteiger partial charge in [-0.15, -0.1) is 0 Å². The highest BCUT2D eigenvalue weighted by Gasteiger charge is 2.17. The van der Waals surface area contributed by atoms with Crippen molar-refractivity contribution in [2.75, 3.05) is 19.6 Å². The molecule has 1 fully saturated rings. The van der Waals surface area contributed by atoms with Crippen molar-refractivity contribution in [3.05, 3.63) is 42.1 Å². The number of rotatable bonds is 5. The first kappa shape index (κ1) is 13.5. The molecule has 1 aromatic carbocycles. The molecule has 1 aliphatic rings. The third kappa shape index (κ3) is 3.17. The number of aromatic nitrogens is 1. The average molecular weight is 269 g/mol. The van der Waals surface area contributed by atoms with Gasteiger partial charge in [0, 0.05) is 24.5 Å². The lowest BCUT2D eigenvalue weighted by molar-refractivity contribution is 0.251. The maximum absolute atomic E-state index is 4.69. The van der Waals surface area contributed by atoms with Crippen molar-refractivity contribution < 1.29 is 0 Å². The summed E-state index contributed by atoms with van der Waals surface area (Å²) in [6.45, 7) is 6.72. The van der Waals surface area contributed by atoms with Gasteiger partial charge in [-0.05, 0) is 45.0 Å². The smallest absolute Gasteiger partial charge is 0.0705 e. The van der Waals surface area contributed by atoms with Crippen LogP contribution in [0.5, 0.6) is 0 Å². The van der Waals surface area contributed by atoms with Gasteiger partial charge < -0.3 is 5.32 Å². The van der Waals surface area contributed by atoms with E-state index >= 15 is 0 Å². The summed E-state index contributed by atoms with van der Waals surface area (Å²) in [5.41, 5.74) is 2.21. The van der Waals surface area contributed by atoms with Crippen LogP contribution >= 0.6 is 0 Å². The van der Waals surface area contributed by atoms with Gasteiger partial charge in [0.2, 0.25) is 0 Å². The fourth-order valence-corrected chi connectivity index (χ4v) is 2.93. The predicted molar refractivity (Wildman–Crippen MR) is 83.7 cm³/mol. The number of para-hydroxylation sites is 1. The van der Waals surface area contributed by atoms with Crippen molar-refractivity contribution in [3.63, 3.8) is 0 Å². The topological polar surface area (TPSA) is 28.2 Å². The Morgan fingerprint density at radius 2 is 1.95 bits per heavy atom. The van der Waals surface area contributed by atoms with Crippen LogP contribution in [0.2, 0.25) is 0 Å². The molecule has 0 amide bonds. The van der Waals surface area contributed by atoms with E-state index in [0.717, 1.165) is 24.3 Å². The van der Waals surface area contributed by atoms with Gasteiger partial charge in [0.05, 0.1) is 11.2 Å². The molecule has 3 nitrogen and oxygen atoms in total. The van der Waals surface area contributed by atoms with Crippen LogP contribution in [0.15, 0.2) is 36.4 Å². The van der Waals surface area contributed by atoms with Gasteiger partial charge >= 0.3 is 0 Å². The van der Waals surface area contributed by atoms with E-state index in [1.165, 1.54) is 31.3 Å². The van der Waals surface area contributed by atoms with Crippen LogP contribution in [0.4, 0.5) is 0 Å². The Morgan fingerprint density at radius 3 is 2.80 bits per heavy atom. The zero-order valence-corrected chi connectivity index (χ0v) is 12.2. The Kier molecular flexibility index (Phi) is 4.28. The number of hydrogen-bond donors (Lipinski definition) is 1. The molecule has 0 bridgehead atoms. The Bertz CT molecular complexity index is 561. The summed E-state index contributed by atoms with van der Waals surface area (Å²) >= 11 is 0. The zero-order chi connectivity index (χ0) is 13.8. The maximum Gasteiger partial charge on any atom is 0.0705 e. The molecule has 106 valence electrons. The molecule has 0 aliphatic carbocycles. The van der Waals surface area contributed by atoms with Crippen LogP contribution in [0, 0.1) is 0 Å². The highest BCUT2D eigenvalue weighted by Crippen LogP contribution is 2.12. The molecular formula is C17H23N3. The number of pyridine rings is 1. The van der Waals surface area contributed by atoms with Gasteiger partial charge in [0.25, 0.3) is 0 Å². The number of nitrogens with one attached hydrogen (secondary N) is 1. The van der Waals surface area contributed by atoms with E-state index in [1.54, 1.807) is 0 Å². The van der Waals surface area contributed by atoms with Crippen molar-refractivity contribution >= 4 is 10.9 Å². The predicted octanol–water partition coefficient (Wildman–Crippen LogP) is 2.81. The molecule has 0 saturated carbocycles. The van der Waals surface area contributed by atoms with Crippen molar-refractivity contribution in [2.24, 2.45) is 0 Å². The quantitative estimate of drug-likeness (QED) is 0.904. The zero-order valence-electron chi connectivity index (χ0n) is 12.2. The second-order valence-electron chi connectivity index (χ2n) is 5.72. The minimum Gasteiger partial charge on any atom is -0.310 e. The lowest BCUT2D eigenvalue weighted by Gasteiger charge is -2.23. The van der Waals surface area contributed by atoms with Gasteiger partial charge in [-0.1, -0.05) is 24.3 Å². The molecule has 3 heteroatoms. The minimum atomic E-state index is 0.623. The van der Waals surface area contributed by atoms with Gasteiger partial charge in [-0.2, -0.15) is 0 Å². The molecule has 1 atom stereocenters. The van der Waals surface area contributed by atoms with Crippen LogP contribution in [-0.4, -0.2) is 35.6 Å². The molecule has 1 N–H and O–H groups in total. The Labute approximate surface area is 121 Å². The lowest BCUT2D eigenvalue weighted by atomic mass is 10.2. The largest absolute Gasteiger partial charge is 0.310 e. The molecule has 0 spiro atoms. The molecule has 2 heterocycles. The third-order valence-corrected chi connectivity index (χ3v) is 4.17. The van der Waals surface area contributed by atoms with Crippen molar-refractivity contribution in [1.29, 1.82) is 0 Å². The second-order valence-corrected chi connectivity index (χ2v) is 5.72. The summed E-state index contributed by atoms with van der Waals surface area (Å²) in [5, 5.41) is 4.75. The van der Waals surface area contributed by atoms with Gasteiger partial charge in [-0.25, -0.2) is 0 Å². The molecular weight excluding hydrogens is 246 g/mol. The summed E-state index contributed by atoms with van der Waals surface area (Å²) in [7, 11) is 0. The van der Waals surface area contributed by atoms with E-state index < -0.39 is 0 Å². The second kappa shape index (κ2) is 6.33. The normalized spacial score (nSPS) is 17.6. The van der Waals surface area contributed by atoms with Gasteiger partial charge in [-0.3, -0.25) is 9.88 Å². The van der Waals surface area contributed by atoms with Crippen molar-refractivity contribution in [3.8, 4) is 0 Å². The van der Waals surface area contributed by atoms with Crippen LogP contribution in [0.1, 0.15) is 25.5 Å². The maximum atomic E-state index is 4.69. The minimum absolute atomic E-state index is 0.623. The van der Waals surface area contributed by atoms with Crippen LogP contribution in [-0.2, 0) is 6.54 Å². The number of likely N-dealkylation sites (tertiary alicyclic amines) is 1. The van der Waals surface area contributed by atoms with E-state index in [-0.39, 0.29) is 0 Å². The summed E-state index contributed by atoms with van der Waals surface area (Å²) in [4.78, 5) is 7.26. The van der Waals surface area contributed by atoms with E-state index in [9.17, 15) is 0 Å². The average Bonchev–Trinajstić information content (AvgIpc) is 3.01. The first-order valence-electron chi connectivity index (χ1n) is 7.62. The monoisotopic (exact) mass is 269 g/mol. The number of benzene rings is 1. The summed E-state index contributed by atoms with van der Waals surface area (Å²) < 4.78 is 0. The standard InChI is InChI=1S/C17H23N3/c1-14(20-10-4-5-11-20)12-18-13-16-9-8-15-6-2-3-7-17(15)19-16/h2-3,6-9,14,18H,4-5,10-13H2,1H3. The fraction of sp³-hybridized carbons (Fsp3) is 0.471. The molecule has 1 saturated heterocycles. The van der Waals surface area contributed by atoms with Crippen molar-refractivity contribution in [1.82, 2.24) is 15.2 Å². The molecule has 0 radical (unpaired) electrons. The van der Waals surface area contributed by atoms with Crippen LogP contribution in [0.25, 0.3) is 10.9 Å². The highest BCUT2D eigenvalue weighted by atomic mass is 15.2. The molecule has 2 aromatic rings. The Balaban J connectivity index is 1.54. The first-order chi connectivity index (χ1) is 9.83. The van der Waals surface area contributed by atoms with Crippen LogP contribution < -0.4 is 5.32 Å². The van der Waals surface area contributed by atoms with Crippen molar-refractivity contribution in [2.45, 2.75) is 32.4 Å². The Hall–Kier alpha value is -1.45. The Morgan fingerprint density at radius 1 is 1.15 bits per heavy atom. The van der Waals surface area contributed by atoms with Crippen LogP contribution in [0.3, 0.4) is 0 Å². The first-order valence-corrected chi connectivity index (χ1v) is 7.62. The van der Waals surface area contributed by atoms with E-state index in [4.69, 9.17) is 4.98 Å².